The summed E-state index contributed by atoms with van der Waals surface area (Å²) >= 11 is 0. The van der Waals surface area contributed by atoms with Gasteiger partial charge in [-0.2, -0.15) is 0 Å². The number of hydrogen-bond acceptors (Lipinski definition) is 6. The van der Waals surface area contributed by atoms with E-state index in [-0.39, 0.29) is 28.3 Å². The highest BCUT2D eigenvalue weighted by molar-refractivity contribution is 6.28. The number of carbonyl (C=O) groups is 4. The third-order valence-corrected chi connectivity index (χ3v) is 4.92. The van der Waals surface area contributed by atoms with Gasteiger partial charge in [-0.15, -0.1) is 0 Å². The Hall–Kier alpha value is -4.00. The fourth-order valence-electron chi connectivity index (χ4n) is 3.30. The summed E-state index contributed by atoms with van der Waals surface area (Å²) in [5, 5.41) is 2.61. The Morgan fingerprint density at radius 3 is 2.20 bits per heavy atom. The summed E-state index contributed by atoms with van der Waals surface area (Å²) < 4.78 is 10.2. The highest BCUT2D eigenvalue weighted by Gasteiger charge is 2.30. The summed E-state index contributed by atoms with van der Waals surface area (Å²) in [6, 6.07) is 12.6. The smallest absolute Gasteiger partial charge is 0.342 e. The Kier molecular flexibility index (Phi) is 4.79. The molecule has 150 valence electrons. The second-order valence-electron chi connectivity index (χ2n) is 6.89. The summed E-state index contributed by atoms with van der Waals surface area (Å²) in [6.07, 6.45) is 0.279. The molecular formula is C23H17NO6. The molecule has 7 nitrogen and oxygen atoms in total. The Balaban J connectivity index is 1.51. The highest BCUT2D eigenvalue weighted by Crippen LogP contribution is 2.29. The number of fused-ring (bicyclic) bond motifs is 2. The van der Waals surface area contributed by atoms with Crippen LogP contribution in [0.3, 0.4) is 0 Å². The van der Waals surface area contributed by atoms with E-state index in [2.05, 4.69) is 5.32 Å². The van der Waals surface area contributed by atoms with Crippen LogP contribution in [0.5, 0.6) is 0 Å². The number of carbonyl (C=O) groups excluding carboxylic acids is 4. The van der Waals surface area contributed by atoms with Crippen LogP contribution < -0.4 is 5.32 Å². The minimum Gasteiger partial charge on any atom is -0.469 e. The van der Waals surface area contributed by atoms with Gasteiger partial charge < -0.3 is 14.5 Å². The van der Waals surface area contributed by atoms with Crippen molar-refractivity contribution >= 4 is 29.1 Å². The molecule has 0 fully saturated rings. The number of hydrogen-bond donors (Lipinski definition) is 1. The van der Waals surface area contributed by atoms with Crippen molar-refractivity contribution in [2.75, 3.05) is 5.32 Å². The first-order chi connectivity index (χ1) is 14.4. The van der Waals surface area contributed by atoms with Crippen LogP contribution in [0.2, 0.25) is 0 Å². The number of esters is 1. The van der Waals surface area contributed by atoms with E-state index < -0.39 is 18.0 Å². The summed E-state index contributed by atoms with van der Waals surface area (Å²) in [5.74, 6) is -1.38. The normalized spacial score (nSPS) is 13.3. The maximum atomic E-state index is 12.8. The molecule has 0 saturated carbocycles. The minimum atomic E-state index is -1.08. The standard InChI is InChI=1S/C23H17NO6/c1-12-15(9-10-29-12)23(28)30-13(2)22(27)24-14-7-8-18-19(11-14)21(26)17-6-4-3-5-16(17)20(18)25/h3-11,13H,1-2H3,(H,24,27)/t13-/m1/s1. The zero-order chi connectivity index (χ0) is 21.4. The molecule has 1 aliphatic carbocycles. The average molecular weight is 403 g/mol. The molecule has 2 aromatic carbocycles. The maximum absolute atomic E-state index is 12.8. The second kappa shape index (κ2) is 7.44. The molecule has 4 rings (SSSR count). The highest BCUT2D eigenvalue weighted by atomic mass is 16.5. The van der Waals surface area contributed by atoms with Crippen LogP contribution in [-0.2, 0) is 9.53 Å². The van der Waals surface area contributed by atoms with Crippen LogP contribution in [-0.4, -0.2) is 29.5 Å². The van der Waals surface area contributed by atoms with E-state index in [1.807, 2.05) is 0 Å². The van der Waals surface area contributed by atoms with E-state index in [1.165, 1.54) is 37.5 Å². The van der Waals surface area contributed by atoms with Gasteiger partial charge in [0.2, 0.25) is 0 Å². The number of aryl methyl sites for hydroxylation is 1. The number of furan rings is 1. The lowest BCUT2D eigenvalue weighted by Crippen LogP contribution is -2.30. The van der Waals surface area contributed by atoms with E-state index in [0.717, 1.165) is 0 Å². The zero-order valence-corrected chi connectivity index (χ0v) is 16.2. The molecule has 0 unspecified atom stereocenters. The third-order valence-electron chi connectivity index (χ3n) is 4.92. The van der Waals surface area contributed by atoms with E-state index in [1.54, 1.807) is 31.2 Å². The Labute approximate surface area is 171 Å². The topological polar surface area (TPSA) is 103 Å². The van der Waals surface area contributed by atoms with Crippen LogP contribution in [0.4, 0.5) is 5.69 Å². The van der Waals surface area contributed by atoms with Crippen molar-refractivity contribution in [3.63, 3.8) is 0 Å². The van der Waals surface area contributed by atoms with Crippen molar-refractivity contribution in [2.24, 2.45) is 0 Å². The number of amides is 1. The number of benzene rings is 2. The van der Waals surface area contributed by atoms with Gasteiger partial charge in [-0.05, 0) is 38.1 Å². The monoisotopic (exact) mass is 403 g/mol. The molecule has 7 heteroatoms. The lowest BCUT2D eigenvalue weighted by molar-refractivity contribution is -0.123. The molecule has 30 heavy (non-hydrogen) atoms. The molecular weight excluding hydrogens is 386 g/mol. The predicted octanol–water partition coefficient (Wildman–Crippen LogP) is 3.55. The van der Waals surface area contributed by atoms with Gasteiger partial charge in [0.1, 0.15) is 11.3 Å². The number of nitrogens with one attached hydrogen (secondary N) is 1. The van der Waals surface area contributed by atoms with E-state index in [0.29, 0.717) is 22.6 Å². The Morgan fingerprint density at radius 2 is 1.57 bits per heavy atom. The maximum Gasteiger partial charge on any atom is 0.342 e. The largest absolute Gasteiger partial charge is 0.469 e. The zero-order valence-electron chi connectivity index (χ0n) is 16.2. The van der Waals surface area contributed by atoms with Crippen molar-refractivity contribution in [3.05, 3.63) is 88.4 Å². The molecule has 1 aliphatic rings. The third kappa shape index (κ3) is 3.30. The Bertz CT molecular complexity index is 1210. The number of ether oxygens (including phenoxy) is 1. The quantitative estimate of drug-likeness (QED) is 0.523. The molecule has 1 aromatic heterocycles. The van der Waals surface area contributed by atoms with E-state index in [4.69, 9.17) is 9.15 Å². The van der Waals surface area contributed by atoms with Gasteiger partial charge in [-0.3, -0.25) is 14.4 Å². The molecule has 0 spiro atoms. The van der Waals surface area contributed by atoms with Gasteiger partial charge >= 0.3 is 5.97 Å². The van der Waals surface area contributed by atoms with Crippen molar-refractivity contribution in [1.82, 2.24) is 0 Å². The number of rotatable bonds is 4. The van der Waals surface area contributed by atoms with Gasteiger partial charge in [0, 0.05) is 27.9 Å². The molecule has 0 saturated heterocycles. The number of ketones is 2. The Morgan fingerprint density at radius 1 is 0.933 bits per heavy atom. The fraction of sp³-hybridized carbons (Fsp3) is 0.130. The van der Waals surface area contributed by atoms with Crippen LogP contribution in [0.25, 0.3) is 0 Å². The molecule has 1 heterocycles. The molecule has 0 aliphatic heterocycles. The van der Waals surface area contributed by atoms with Crippen molar-refractivity contribution in [3.8, 4) is 0 Å². The second-order valence-corrected chi connectivity index (χ2v) is 6.89. The van der Waals surface area contributed by atoms with E-state index >= 15 is 0 Å². The lowest BCUT2D eigenvalue weighted by atomic mass is 9.84. The van der Waals surface area contributed by atoms with Gasteiger partial charge in [-0.1, -0.05) is 24.3 Å². The molecule has 1 amide bonds. The van der Waals surface area contributed by atoms with Gasteiger partial charge in [0.15, 0.2) is 17.7 Å². The van der Waals surface area contributed by atoms with Gasteiger partial charge in [0.25, 0.3) is 5.91 Å². The van der Waals surface area contributed by atoms with Crippen LogP contribution in [0, 0.1) is 6.92 Å². The first-order valence-electron chi connectivity index (χ1n) is 9.25. The van der Waals surface area contributed by atoms with Crippen molar-refractivity contribution < 1.29 is 28.3 Å². The predicted molar refractivity (Wildman–Crippen MR) is 107 cm³/mol. The molecule has 1 N–H and O–H groups in total. The molecule has 3 aromatic rings. The first kappa shape index (κ1) is 19.3. The molecule has 0 radical (unpaired) electrons. The van der Waals surface area contributed by atoms with E-state index in [9.17, 15) is 19.2 Å². The molecule has 1 atom stereocenters. The summed E-state index contributed by atoms with van der Waals surface area (Å²) in [6.45, 7) is 3.05. The van der Waals surface area contributed by atoms with Crippen LogP contribution in [0.1, 0.15) is 54.9 Å². The minimum absolute atomic E-state index is 0.218. The number of anilines is 1. The average Bonchev–Trinajstić information content (AvgIpc) is 3.18. The fourth-order valence-corrected chi connectivity index (χ4v) is 3.30. The van der Waals surface area contributed by atoms with Crippen molar-refractivity contribution in [1.29, 1.82) is 0 Å². The molecule has 0 bridgehead atoms. The van der Waals surface area contributed by atoms with Gasteiger partial charge in [0.05, 0.1) is 6.26 Å². The SMILES string of the molecule is Cc1occc1C(=O)O[C@H](C)C(=O)Nc1ccc2c(c1)C(=O)c1ccccc1C2=O. The van der Waals surface area contributed by atoms with Crippen LogP contribution >= 0.6 is 0 Å². The summed E-state index contributed by atoms with van der Waals surface area (Å²) in [7, 11) is 0. The lowest BCUT2D eigenvalue weighted by Gasteiger charge is -2.19. The summed E-state index contributed by atoms with van der Waals surface area (Å²) in [4.78, 5) is 50.0. The summed E-state index contributed by atoms with van der Waals surface area (Å²) in [5.41, 5.74) is 1.76. The van der Waals surface area contributed by atoms with Gasteiger partial charge in [-0.25, -0.2) is 4.79 Å². The first-order valence-corrected chi connectivity index (χ1v) is 9.25. The van der Waals surface area contributed by atoms with Crippen molar-refractivity contribution in [2.45, 2.75) is 20.0 Å². The van der Waals surface area contributed by atoms with Crippen LogP contribution in [0.15, 0.2) is 59.2 Å².